The van der Waals surface area contributed by atoms with E-state index < -0.39 is 9.73 Å². The molecule has 2 unspecified atom stereocenters. The Balaban J connectivity index is 1.34. The van der Waals surface area contributed by atoms with E-state index in [-0.39, 0.29) is 17.8 Å². The summed E-state index contributed by atoms with van der Waals surface area (Å²) in [4.78, 5) is 13.5. The van der Waals surface area contributed by atoms with Crippen LogP contribution in [0.2, 0.25) is 0 Å². The zero-order valence-electron chi connectivity index (χ0n) is 18.9. The molecule has 5 nitrogen and oxygen atoms in total. The lowest BCUT2D eigenvalue weighted by atomic mass is 10.0. The number of amides is 1. The molecule has 0 aliphatic carbocycles. The molecule has 0 fully saturated rings. The van der Waals surface area contributed by atoms with E-state index >= 15 is 0 Å². The number of hydrogen-bond donors (Lipinski definition) is 2. The van der Waals surface area contributed by atoms with Gasteiger partial charge < -0.3 is 11.1 Å². The number of anilines is 2. The van der Waals surface area contributed by atoms with Gasteiger partial charge in [0.2, 0.25) is 0 Å². The molecule has 35 heavy (non-hydrogen) atoms. The van der Waals surface area contributed by atoms with Crippen LogP contribution in [0.3, 0.4) is 0 Å². The lowest BCUT2D eigenvalue weighted by molar-refractivity contribution is 0.102. The van der Waals surface area contributed by atoms with Gasteiger partial charge in [0.05, 0.1) is 27.1 Å². The van der Waals surface area contributed by atoms with Crippen LogP contribution in [-0.2, 0) is 9.73 Å². The quantitative estimate of drug-likeness (QED) is 0.325. The number of benzene rings is 4. The standard InChI is InChI=1S/C28H24FN3O2S/c29-23-11-6-19(7-12-23)22-10-15-25(30)27(18-22)31-28(33)21-8-13-24(14-9-21)35(34)17-16-26(32-35)20-4-2-1-3-5-20/h1-15,18,26H,16-17,30H2,(H,31,33). The van der Waals surface area contributed by atoms with Gasteiger partial charge in [-0.2, -0.15) is 0 Å². The molecule has 1 heterocycles. The van der Waals surface area contributed by atoms with Crippen LogP contribution in [0.1, 0.15) is 28.4 Å². The highest BCUT2D eigenvalue weighted by Crippen LogP contribution is 2.34. The van der Waals surface area contributed by atoms with Gasteiger partial charge in [-0.3, -0.25) is 4.79 Å². The van der Waals surface area contributed by atoms with Crippen LogP contribution >= 0.6 is 0 Å². The topological polar surface area (TPSA) is 84.5 Å². The van der Waals surface area contributed by atoms with Crippen LogP contribution in [0.25, 0.3) is 11.1 Å². The molecule has 0 aromatic heterocycles. The fourth-order valence-electron chi connectivity index (χ4n) is 4.16. The first kappa shape index (κ1) is 22.8. The minimum atomic E-state index is -2.53. The number of carbonyl (C=O) groups excluding carboxylic acids is 1. The first-order chi connectivity index (χ1) is 16.9. The van der Waals surface area contributed by atoms with E-state index in [9.17, 15) is 13.4 Å². The van der Waals surface area contributed by atoms with Gasteiger partial charge >= 0.3 is 0 Å². The molecule has 0 saturated carbocycles. The Labute approximate surface area is 204 Å². The summed E-state index contributed by atoms with van der Waals surface area (Å²) >= 11 is 0. The molecule has 3 N–H and O–H groups in total. The summed E-state index contributed by atoms with van der Waals surface area (Å²) in [6, 6.07) is 27.9. The Morgan fingerprint density at radius 1 is 0.914 bits per heavy atom. The maximum Gasteiger partial charge on any atom is 0.255 e. The van der Waals surface area contributed by atoms with Crippen molar-refractivity contribution in [3.63, 3.8) is 0 Å². The molecule has 5 rings (SSSR count). The van der Waals surface area contributed by atoms with Crippen LogP contribution in [0.5, 0.6) is 0 Å². The molecule has 2 atom stereocenters. The Morgan fingerprint density at radius 3 is 2.31 bits per heavy atom. The zero-order valence-corrected chi connectivity index (χ0v) is 19.7. The monoisotopic (exact) mass is 485 g/mol. The van der Waals surface area contributed by atoms with Gasteiger partial charge in [0.1, 0.15) is 5.82 Å². The lowest BCUT2D eigenvalue weighted by Crippen LogP contribution is -2.13. The van der Waals surface area contributed by atoms with E-state index in [1.807, 2.05) is 36.4 Å². The van der Waals surface area contributed by atoms with Crippen LogP contribution in [0, 0.1) is 5.82 Å². The number of nitrogens with zero attached hydrogens (tertiary/aromatic N) is 1. The zero-order chi connectivity index (χ0) is 24.4. The first-order valence-electron chi connectivity index (χ1n) is 11.3. The van der Waals surface area contributed by atoms with Crippen molar-refractivity contribution in [2.75, 3.05) is 16.8 Å². The lowest BCUT2D eigenvalue weighted by Gasteiger charge is -2.11. The van der Waals surface area contributed by atoms with Crippen LogP contribution in [-0.4, -0.2) is 15.9 Å². The number of hydrogen-bond acceptors (Lipinski definition) is 4. The highest BCUT2D eigenvalue weighted by Gasteiger charge is 2.26. The Hall–Kier alpha value is -3.97. The maximum atomic E-state index is 13.5. The van der Waals surface area contributed by atoms with Crippen molar-refractivity contribution in [3.05, 3.63) is 114 Å². The molecule has 1 amide bonds. The second-order valence-electron chi connectivity index (χ2n) is 8.45. The molecule has 4 aromatic carbocycles. The molecule has 7 heteroatoms. The van der Waals surface area contributed by atoms with Gasteiger partial charge in [-0.05, 0) is 71.6 Å². The molecule has 1 aliphatic heterocycles. The summed E-state index contributed by atoms with van der Waals surface area (Å²) in [6.07, 6.45) is 0.731. The van der Waals surface area contributed by atoms with E-state index in [1.165, 1.54) is 12.1 Å². The van der Waals surface area contributed by atoms with Gasteiger partial charge in [-0.1, -0.05) is 48.5 Å². The predicted molar refractivity (Wildman–Crippen MR) is 138 cm³/mol. The summed E-state index contributed by atoms with van der Waals surface area (Å²) < 4.78 is 31.4. The molecule has 4 aromatic rings. The summed E-state index contributed by atoms with van der Waals surface area (Å²) in [5.41, 5.74) is 10.1. The van der Waals surface area contributed by atoms with Gasteiger partial charge in [0.15, 0.2) is 0 Å². The van der Waals surface area contributed by atoms with Gasteiger partial charge in [-0.25, -0.2) is 13.0 Å². The Kier molecular flexibility index (Phi) is 6.09. The first-order valence-corrected chi connectivity index (χ1v) is 13.0. The van der Waals surface area contributed by atoms with E-state index in [1.54, 1.807) is 48.5 Å². The van der Waals surface area contributed by atoms with Gasteiger partial charge in [0, 0.05) is 16.2 Å². The minimum absolute atomic E-state index is 0.0805. The number of rotatable bonds is 5. The Morgan fingerprint density at radius 2 is 1.60 bits per heavy atom. The van der Waals surface area contributed by atoms with Crippen LogP contribution in [0.15, 0.2) is 106 Å². The molecule has 0 radical (unpaired) electrons. The molecular weight excluding hydrogens is 461 g/mol. The number of carbonyl (C=O) groups is 1. The van der Waals surface area contributed by atoms with Crippen molar-refractivity contribution >= 4 is 27.0 Å². The smallest absolute Gasteiger partial charge is 0.255 e. The third-order valence-electron chi connectivity index (χ3n) is 6.11. The third kappa shape index (κ3) is 4.81. The van der Waals surface area contributed by atoms with Gasteiger partial charge in [0.25, 0.3) is 5.91 Å². The predicted octanol–water partition coefficient (Wildman–Crippen LogP) is 6.30. The molecule has 1 aliphatic rings. The van der Waals surface area contributed by atoms with Gasteiger partial charge in [-0.15, -0.1) is 0 Å². The molecule has 0 spiro atoms. The largest absolute Gasteiger partial charge is 0.397 e. The average molecular weight is 486 g/mol. The minimum Gasteiger partial charge on any atom is -0.397 e. The maximum absolute atomic E-state index is 13.5. The summed E-state index contributed by atoms with van der Waals surface area (Å²) in [5, 5.41) is 2.84. The normalized spacial score (nSPS) is 19.2. The number of nitrogens with two attached hydrogens (primary N) is 1. The summed E-state index contributed by atoms with van der Waals surface area (Å²) in [7, 11) is -2.53. The number of nitrogen functional groups attached to an aromatic ring is 1. The molecule has 0 saturated heterocycles. The molecule has 0 bridgehead atoms. The fourth-order valence-corrected chi connectivity index (χ4v) is 6.37. The van der Waals surface area contributed by atoms with Crippen molar-refractivity contribution in [1.29, 1.82) is 0 Å². The van der Waals surface area contributed by atoms with E-state index in [0.717, 1.165) is 23.1 Å². The number of halogens is 1. The highest BCUT2D eigenvalue weighted by atomic mass is 32.2. The van der Waals surface area contributed by atoms with E-state index in [4.69, 9.17) is 5.73 Å². The second-order valence-corrected chi connectivity index (χ2v) is 10.8. The van der Waals surface area contributed by atoms with Crippen molar-refractivity contribution < 1.29 is 13.4 Å². The Bertz CT molecular complexity index is 1490. The second kappa shape index (κ2) is 9.35. The van der Waals surface area contributed by atoms with Crippen molar-refractivity contribution in [2.24, 2.45) is 4.36 Å². The molecule has 176 valence electrons. The van der Waals surface area contributed by atoms with Crippen LogP contribution < -0.4 is 11.1 Å². The highest BCUT2D eigenvalue weighted by molar-refractivity contribution is 7.93. The molecular formula is C28H24FN3O2S. The van der Waals surface area contributed by atoms with E-state index in [2.05, 4.69) is 9.68 Å². The number of nitrogens with one attached hydrogen (secondary N) is 1. The van der Waals surface area contributed by atoms with Crippen molar-refractivity contribution in [3.8, 4) is 11.1 Å². The van der Waals surface area contributed by atoms with E-state index in [0.29, 0.717) is 27.6 Å². The third-order valence-corrected chi connectivity index (χ3v) is 8.51. The van der Waals surface area contributed by atoms with Crippen LogP contribution in [0.4, 0.5) is 15.8 Å². The summed E-state index contributed by atoms with van der Waals surface area (Å²) in [6.45, 7) is 0. The van der Waals surface area contributed by atoms with Crippen molar-refractivity contribution in [2.45, 2.75) is 17.4 Å². The average Bonchev–Trinajstić information content (AvgIpc) is 3.30. The van der Waals surface area contributed by atoms with Crippen molar-refractivity contribution in [1.82, 2.24) is 0 Å². The SMILES string of the molecule is Nc1ccc(-c2ccc(F)cc2)cc1NC(=O)c1ccc(S2(=O)=NC(c3ccccc3)CC2)cc1. The fraction of sp³-hybridized carbons (Fsp3) is 0.107. The summed E-state index contributed by atoms with van der Waals surface area (Å²) in [5.74, 6) is -0.158.